The molecule has 4 aromatic rings. The number of aryl methyl sites for hydroxylation is 1. The van der Waals surface area contributed by atoms with Crippen LogP contribution in [0.2, 0.25) is 0 Å². The highest BCUT2D eigenvalue weighted by molar-refractivity contribution is 6.17. The highest BCUT2D eigenvalue weighted by atomic mass is 19.1. The number of rotatable bonds is 5. The number of furan rings is 1. The van der Waals surface area contributed by atoms with Crippen LogP contribution < -0.4 is 15.1 Å². The molecule has 0 bridgehead atoms. The first-order valence-corrected chi connectivity index (χ1v) is 11.7. The number of allylic oxidation sites excluding steroid dienone is 1. The number of hydrogen-bond acceptors (Lipinski definition) is 5. The number of carbonyl (C=O) groups is 2. The van der Waals surface area contributed by atoms with Crippen LogP contribution in [0.25, 0.3) is 27.7 Å². The molecule has 0 saturated carbocycles. The van der Waals surface area contributed by atoms with Crippen molar-refractivity contribution in [1.82, 2.24) is 5.32 Å². The zero-order chi connectivity index (χ0) is 26.1. The van der Waals surface area contributed by atoms with Crippen LogP contribution in [0.15, 0.2) is 82.5 Å². The summed E-state index contributed by atoms with van der Waals surface area (Å²) in [6, 6.07) is 17.1. The minimum Gasteiger partial charge on any atom is -0.496 e. The summed E-state index contributed by atoms with van der Waals surface area (Å²) >= 11 is 0. The van der Waals surface area contributed by atoms with Gasteiger partial charge in [0.15, 0.2) is 0 Å². The number of nitrogens with one attached hydrogen (secondary N) is 1. The second kappa shape index (κ2) is 9.73. The van der Waals surface area contributed by atoms with Crippen LogP contribution in [-0.2, 0) is 9.59 Å². The van der Waals surface area contributed by atoms with Gasteiger partial charge in [-0.1, -0.05) is 30.3 Å². The predicted molar refractivity (Wildman–Crippen MR) is 141 cm³/mol. The number of hydrazone groups is 1. The second-order valence-corrected chi connectivity index (χ2v) is 8.70. The van der Waals surface area contributed by atoms with Gasteiger partial charge in [-0.15, -0.1) is 0 Å². The molecule has 0 unspecified atom stereocenters. The van der Waals surface area contributed by atoms with Crippen molar-refractivity contribution in [2.75, 3.05) is 12.1 Å². The fraction of sp³-hybridized carbons (Fsp3) is 0.138. The number of carbonyl (C=O) groups excluding carboxylic acids is 2. The van der Waals surface area contributed by atoms with Crippen LogP contribution in [0.1, 0.15) is 24.5 Å². The quantitative estimate of drug-likeness (QED) is 0.352. The smallest absolute Gasteiger partial charge is 0.255 e. The SMILES string of the molecule is COc1c(/C(C)=C/C(=O)NC2=NN(c3ccccc3)C(=O)C2)cc2c(-c3ccc(F)cc3)coc2c1C. The standard InChI is InChI=1S/C29H24FN3O4/c1-17(13-26(34)31-25-15-27(35)33(32-25)21-7-5-4-6-8-21)22-14-23-24(19-9-11-20(30)12-10-19)16-37-29(23)18(2)28(22)36-3/h4-14,16H,15H2,1-3H3,(H,31,32,34)/b17-13+. The molecule has 2 amide bonds. The van der Waals surface area contributed by atoms with Gasteiger partial charge in [0.2, 0.25) is 5.91 Å². The molecule has 1 N–H and O–H groups in total. The summed E-state index contributed by atoms with van der Waals surface area (Å²) in [6.07, 6.45) is 3.07. The van der Waals surface area contributed by atoms with Gasteiger partial charge in [-0.2, -0.15) is 10.1 Å². The molecule has 8 heteroatoms. The Kier molecular flexibility index (Phi) is 6.31. The lowest BCUT2D eigenvalue weighted by molar-refractivity contribution is -0.116. The van der Waals surface area contributed by atoms with Gasteiger partial charge in [-0.05, 0) is 55.3 Å². The number of amides is 2. The summed E-state index contributed by atoms with van der Waals surface area (Å²) in [7, 11) is 1.56. The fourth-order valence-electron chi connectivity index (χ4n) is 4.45. The summed E-state index contributed by atoms with van der Waals surface area (Å²) in [5, 5.41) is 9.08. The average molecular weight is 498 g/mol. The number of ether oxygens (including phenoxy) is 1. The summed E-state index contributed by atoms with van der Waals surface area (Å²) < 4.78 is 25.0. The molecule has 3 aromatic carbocycles. The van der Waals surface area contributed by atoms with Gasteiger partial charge < -0.3 is 14.5 Å². The molecule has 0 radical (unpaired) electrons. The van der Waals surface area contributed by atoms with E-state index in [2.05, 4.69) is 10.4 Å². The number of nitrogens with zero attached hydrogens (tertiary/aromatic N) is 2. The number of anilines is 1. The Morgan fingerprint density at radius 3 is 2.59 bits per heavy atom. The van der Waals surface area contributed by atoms with Crippen LogP contribution in [0.3, 0.4) is 0 Å². The number of hydrogen-bond donors (Lipinski definition) is 1. The fourth-order valence-corrected chi connectivity index (χ4v) is 4.45. The Hall–Kier alpha value is -4.72. The molecular formula is C29H24FN3O4. The Balaban J connectivity index is 1.45. The van der Waals surface area contributed by atoms with Gasteiger partial charge in [-0.25, -0.2) is 4.39 Å². The Morgan fingerprint density at radius 1 is 1.16 bits per heavy atom. The molecule has 1 aromatic heterocycles. The Labute approximate surface area is 212 Å². The van der Waals surface area contributed by atoms with E-state index in [-0.39, 0.29) is 24.0 Å². The average Bonchev–Trinajstić information content (AvgIpc) is 3.48. The van der Waals surface area contributed by atoms with E-state index in [9.17, 15) is 14.0 Å². The Morgan fingerprint density at radius 2 is 1.89 bits per heavy atom. The van der Waals surface area contributed by atoms with E-state index < -0.39 is 5.91 Å². The van der Waals surface area contributed by atoms with Crippen molar-refractivity contribution in [3.05, 3.63) is 89.9 Å². The van der Waals surface area contributed by atoms with Gasteiger partial charge in [-0.3, -0.25) is 9.59 Å². The predicted octanol–water partition coefficient (Wildman–Crippen LogP) is 5.83. The number of fused-ring (bicyclic) bond motifs is 1. The van der Waals surface area contributed by atoms with E-state index in [1.807, 2.05) is 31.2 Å². The molecule has 7 nitrogen and oxygen atoms in total. The van der Waals surface area contributed by atoms with Crippen molar-refractivity contribution in [1.29, 1.82) is 0 Å². The number of methoxy groups -OCH3 is 1. The summed E-state index contributed by atoms with van der Waals surface area (Å²) in [5.74, 6) is -0.101. The van der Waals surface area contributed by atoms with E-state index >= 15 is 0 Å². The van der Waals surface area contributed by atoms with E-state index in [0.29, 0.717) is 28.2 Å². The molecule has 5 rings (SSSR count). The summed E-state index contributed by atoms with van der Waals surface area (Å²) in [6.45, 7) is 3.69. The van der Waals surface area contributed by atoms with Crippen LogP contribution >= 0.6 is 0 Å². The van der Waals surface area contributed by atoms with E-state index in [1.165, 1.54) is 23.2 Å². The first kappa shape index (κ1) is 24.0. The van der Waals surface area contributed by atoms with Crippen molar-refractivity contribution in [2.24, 2.45) is 5.10 Å². The highest BCUT2D eigenvalue weighted by Crippen LogP contribution is 2.40. The first-order chi connectivity index (χ1) is 17.9. The first-order valence-electron chi connectivity index (χ1n) is 11.7. The normalized spacial score (nSPS) is 13.7. The second-order valence-electron chi connectivity index (χ2n) is 8.70. The van der Waals surface area contributed by atoms with Crippen molar-refractivity contribution in [3.63, 3.8) is 0 Å². The summed E-state index contributed by atoms with van der Waals surface area (Å²) in [5.41, 5.74) is 5.03. The van der Waals surface area contributed by atoms with Crippen LogP contribution in [-0.4, -0.2) is 24.8 Å². The maximum atomic E-state index is 13.5. The van der Waals surface area contributed by atoms with Crippen molar-refractivity contribution < 1.29 is 23.1 Å². The third-order valence-corrected chi connectivity index (χ3v) is 6.22. The molecule has 2 heterocycles. The van der Waals surface area contributed by atoms with E-state index in [1.54, 1.807) is 44.6 Å². The highest BCUT2D eigenvalue weighted by Gasteiger charge is 2.26. The lowest BCUT2D eigenvalue weighted by Crippen LogP contribution is -2.28. The van der Waals surface area contributed by atoms with E-state index in [0.717, 1.165) is 22.1 Å². The molecule has 0 atom stereocenters. The third kappa shape index (κ3) is 4.61. The van der Waals surface area contributed by atoms with Crippen molar-refractivity contribution >= 4 is 39.9 Å². The van der Waals surface area contributed by atoms with Gasteiger partial charge >= 0.3 is 0 Å². The largest absolute Gasteiger partial charge is 0.496 e. The van der Waals surface area contributed by atoms with Gasteiger partial charge in [0.1, 0.15) is 23.0 Å². The molecule has 0 fully saturated rings. The molecule has 0 aliphatic carbocycles. The van der Waals surface area contributed by atoms with E-state index in [4.69, 9.17) is 9.15 Å². The monoisotopic (exact) mass is 497 g/mol. The maximum absolute atomic E-state index is 13.5. The number of benzene rings is 3. The van der Waals surface area contributed by atoms with Gasteiger partial charge in [0, 0.05) is 28.2 Å². The minimum atomic E-state index is -0.412. The van der Waals surface area contributed by atoms with Crippen LogP contribution in [0.4, 0.5) is 10.1 Å². The zero-order valence-corrected chi connectivity index (χ0v) is 20.5. The molecular weight excluding hydrogens is 473 g/mol. The molecule has 0 saturated heterocycles. The molecule has 0 spiro atoms. The maximum Gasteiger partial charge on any atom is 0.255 e. The van der Waals surface area contributed by atoms with Crippen LogP contribution in [0.5, 0.6) is 5.75 Å². The molecule has 186 valence electrons. The Bertz CT molecular complexity index is 1570. The number of halogens is 1. The number of amidine groups is 1. The number of para-hydroxylation sites is 1. The van der Waals surface area contributed by atoms with Gasteiger partial charge in [0.25, 0.3) is 5.91 Å². The zero-order valence-electron chi connectivity index (χ0n) is 20.5. The molecule has 1 aliphatic rings. The summed E-state index contributed by atoms with van der Waals surface area (Å²) in [4.78, 5) is 25.3. The van der Waals surface area contributed by atoms with Crippen molar-refractivity contribution in [2.45, 2.75) is 20.3 Å². The van der Waals surface area contributed by atoms with Gasteiger partial charge in [0.05, 0.1) is 25.5 Å². The minimum absolute atomic E-state index is 0.00202. The topological polar surface area (TPSA) is 84.1 Å². The third-order valence-electron chi connectivity index (χ3n) is 6.22. The molecule has 1 aliphatic heterocycles. The van der Waals surface area contributed by atoms with Crippen LogP contribution in [0, 0.1) is 12.7 Å². The molecule has 37 heavy (non-hydrogen) atoms. The lowest BCUT2D eigenvalue weighted by Gasteiger charge is -2.13. The lowest BCUT2D eigenvalue weighted by atomic mass is 9.96. The van der Waals surface area contributed by atoms with Crippen molar-refractivity contribution in [3.8, 4) is 16.9 Å².